The van der Waals surface area contributed by atoms with Crippen molar-refractivity contribution in [2.24, 2.45) is 0 Å². The molecule has 0 saturated carbocycles. The van der Waals surface area contributed by atoms with Crippen LogP contribution in [-0.2, 0) is 0 Å². The molecule has 1 aromatic rings. The van der Waals surface area contributed by atoms with Crippen LogP contribution in [0.25, 0.3) is 0 Å². The van der Waals surface area contributed by atoms with Gasteiger partial charge in [-0.2, -0.15) is 0 Å². The summed E-state index contributed by atoms with van der Waals surface area (Å²) < 4.78 is 0. The number of rotatable bonds is 0. The number of nitrogens with one attached hydrogen (secondary N) is 1. The first-order valence-corrected chi connectivity index (χ1v) is 4.16. The van der Waals surface area contributed by atoms with Crippen molar-refractivity contribution in [1.29, 1.82) is 0 Å². The molecule has 1 atom stereocenters. The van der Waals surface area contributed by atoms with E-state index in [9.17, 15) is 4.79 Å². The molecule has 2 nitrogen and oxygen atoms in total. The summed E-state index contributed by atoms with van der Waals surface area (Å²) in [5.41, 5.74) is 2.00. The molecule has 1 aromatic carbocycles. The van der Waals surface area contributed by atoms with E-state index >= 15 is 0 Å². The Labute approximate surface area is 71.6 Å². The third kappa shape index (κ3) is 0.998. The Morgan fingerprint density at radius 2 is 2.17 bits per heavy atom. The van der Waals surface area contributed by atoms with Crippen molar-refractivity contribution >= 4 is 5.91 Å². The lowest BCUT2D eigenvalue weighted by Gasteiger charge is -2.22. The second-order valence-corrected chi connectivity index (χ2v) is 3.20. The average molecular weight is 161 g/mol. The molecular formula is C10H11NO. The third-order valence-corrected chi connectivity index (χ3v) is 2.31. The zero-order valence-electron chi connectivity index (χ0n) is 7.00. The Morgan fingerprint density at radius 3 is 2.92 bits per heavy atom. The SMILES string of the molecule is CC1CNC(=O)c2ccccc21. The van der Waals surface area contributed by atoms with Gasteiger partial charge in [-0.05, 0) is 17.5 Å². The quantitative estimate of drug-likeness (QED) is 0.614. The van der Waals surface area contributed by atoms with E-state index in [4.69, 9.17) is 0 Å². The highest BCUT2D eigenvalue weighted by atomic mass is 16.1. The van der Waals surface area contributed by atoms with Crippen molar-refractivity contribution in [2.75, 3.05) is 6.54 Å². The fourth-order valence-electron chi connectivity index (χ4n) is 1.58. The van der Waals surface area contributed by atoms with Gasteiger partial charge in [0.1, 0.15) is 0 Å². The van der Waals surface area contributed by atoms with Gasteiger partial charge in [-0.25, -0.2) is 0 Å². The lowest BCUT2D eigenvalue weighted by Crippen LogP contribution is -2.33. The number of hydrogen-bond donors (Lipinski definition) is 1. The second kappa shape index (κ2) is 2.63. The molecule has 0 aliphatic carbocycles. The van der Waals surface area contributed by atoms with Crippen LogP contribution >= 0.6 is 0 Å². The van der Waals surface area contributed by atoms with Crippen LogP contribution in [0.5, 0.6) is 0 Å². The average Bonchev–Trinajstić information content (AvgIpc) is 2.12. The summed E-state index contributed by atoms with van der Waals surface area (Å²) in [5, 5.41) is 2.85. The van der Waals surface area contributed by atoms with Gasteiger partial charge in [-0.3, -0.25) is 4.79 Å². The van der Waals surface area contributed by atoms with E-state index in [1.807, 2.05) is 24.3 Å². The number of carbonyl (C=O) groups excluding carboxylic acids is 1. The first-order valence-electron chi connectivity index (χ1n) is 4.16. The second-order valence-electron chi connectivity index (χ2n) is 3.20. The molecule has 1 N–H and O–H groups in total. The third-order valence-electron chi connectivity index (χ3n) is 2.31. The minimum absolute atomic E-state index is 0.0590. The summed E-state index contributed by atoms with van der Waals surface area (Å²) in [7, 11) is 0. The first-order chi connectivity index (χ1) is 5.79. The van der Waals surface area contributed by atoms with Gasteiger partial charge < -0.3 is 5.32 Å². The molecule has 0 bridgehead atoms. The summed E-state index contributed by atoms with van der Waals surface area (Å²) in [5.74, 6) is 0.502. The number of carbonyl (C=O) groups is 1. The summed E-state index contributed by atoms with van der Waals surface area (Å²) >= 11 is 0. The van der Waals surface area contributed by atoms with E-state index in [1.165, 1.54) is 5.56 Å². The van der Waals surface area contributed by atoms with Crippen LogP contribution in [0.2, 0.25) is 0 Å². The van der Waals surface area contributed by atoms with E-state index in [-0.39, 0.29) is 5.91 Å². The molecule has 1 aliphatic heterocycles. The molecule has 0 spiro atoms. The molecule has 62 valence electrons. The van der Waals surface area contributed by atoms with E-state index < -0.39 is 0 Å². The standard InChI is InChI=1S/C10H11NO/c1-7-6-11-10(12)9-5-3-2-4-8(7)9/h2-5,7H,6H2,1H3,(H,11,12). The molecule has 1 aliphatic rings. The van der Waals surface area contributed by atoms with Gasteiger partial charge in [0.2, 0.25) is 0 Å². The Kier molecular flexibility index (Phi) is 1.61. The lowest BCUT2D eigenvalue weighted by molar-refractivity contribution is 0.0941. The Bertz CT molecular complexity index is 319. The Balaban J connectivity index is 2.55. The van der Waals surface area contributed by atoms with E-state index in [2.05, 4.69) is 12.2 Å². The van der Waals surface area contributed by atoms with Crippen LogP contribution in [0.1, 0.15) is 28.8 Å². The van der Waals surface area contributed by atoms with Gasteiger partial charge in [-0.1, -0.05) is 25.1 Å². The van der Waals surface area contributed by atoms with E-state index in [1.54, 1.807) is 0 Å². The van der Waals surface area contributed by atoms with Crippen LogP contribution < -0.4 is 5.32 Å². The fourth-order valence-corrected chi connectivity index (χ4v) is 1.58. The van der Waals surface area contributed by atoms with Gasteiger partial charge >= 0.3 is 0 Å². The summed E-state index contributed by atoms with van der Waals surface area (Å²) in [6.45, 7) is 2.88. The zero-order chi connectivity index (χ0) is 8.55. The summed E-state index contributed by atoms with van der Waals surface area (Å²) in [6, 6.07) is 7.78. The topological polar surface area (TPSA) is 29.1 Å². The van der Waals surface area contributed by atoms with E-state index in [0.717, 1.165) is 12.1 Å². The van der Waals surface area contributed by atoms with Crippen molar-refractivity contribution in [3.63, 3.8) is 0 Å². The van der Waals surface area contributed by atoms with Crippen LogP contribution in [-0.4, -0.2) is 12.5 Å². The molecule has 1 unspecified atom stereocenters. The normalized spacial score (nSPS) is 21.4. The number of benzene rings is 1. The maximum atomic E-state index is 11.3. The zero-order valence-corrected chi connectivity index (χ0v) is 7.00. The van der Waals surface area contributed by atoms with Crippen LogP contribution in [0.3, 0.4) is 0 Å². The van der Waals surface area contributed by atoms with Crippen LogP contribution in [0, 0.1) is 0 Å². The summed E-state index contributed by atoms with van der Waals surface area (Å²) in [6.07, 6.45) is 0. The minimum Gasteiger partial charge on any atom is -0.351 e. The van der Waals surface area contributed by atoms with Crippen molar-refractivity contribution in [1.82, 2.24) is 5.32 Å². The van der Waals surface area contributed by atoms with Crippen molar-refractivity contribution in [3.8, 4) is 0 Å². The monoisotopic (exact) mass is 161 g/mol. The number of hydrogen-bond acceptors (Lipinski definition) is 1. The molecule has 0 aromatic heterocycles. The molecule has 1 amide bonds. The molecule has 2 heteroatoms. The highest BCUT2D eigenvalue weighted by Crippen LogP contribution is 2.22. The fraction of sp³-hybridized carbons (Fsp3) is 0.300. The maximum Gasteiger partial charge on any atom is 0.251 e. The largest absolute Gasteiger partial charge is 0.351 e. The molecular weight excluding hydrogens is 150 g/mol. The highest BCUT2D eigenvalue weighted by molar-refractivity contribution is 5.96. The van der Waals surface area contributed by atoms with Gasteiger partial charge in [0.15, 0.2) is 0 Å². The van der Waals surface area contributed by atoms with Crippen LogP contribution in [0.15, 0.2) is 24.3 Å². The maximum absolute atomic E-state index is 11.3. The number of fused-ring (bicyclic) bond motifs is 1. The molecule has 1 heterocycles. The van der Waals surface area contributed by atoms with Gasteiger partial charge in [0.05, 0.1) is 0 Å². The molecule has 0 radical (unpaired) electrons. The van der Waals surface area contributed by atoms with Crippen molar-refractivity contribution < 1.29 is 4.79 Å². The van der Waals surface area contributed by atoms with Crippen molar-refractivity contribution in [3.05, 3.63) is 35.4 Å². The summed E-state index contributed by atoms with van der Waals surface area (Å²) in [4.78, 5) is 11.3. The van der Waals surface area contributed by atoms with Gasteiger partial charge in [-0.15, -0.1) is 0 Å². The first kappa shape index (κ1) is 7.35. The predicted molar refractivity (Wildman–Crippen MR) is 47.2 cm³/mol. The van der Waals surface area contributed by atoms with Gasteiger partial charge in [0, 0.05) is 12.1 Å². The molecule has 2 rings (SSSR count). The minimum atomic E-state index is 0.0590. The molecule has 0 fully saturated rings. The number of amides is 1. The van der Waals surface area contributed by atoms with E-state index in [0.29, 0.717) is 5.92 Å². The molecule has 12 heavy (non-hydrogen) atoms. The van der Waals surface area contributed by atoms with Crippen molar-refractivity contribution in [2.45, 2.75) is 12.8 Å². The lowest BCUT2D eigenvalue weighted by atomic mass is 9.92. The smallest absolute Gasteiger partial charge is 0.251 e. The van der Waals surface area contributed by atoms with Crippen LogP contribution in [0.4, 0.5) is 0 Å². The van der Waals surface area contributed by atoms with Gasteiger partial charge in [0.25, 0.3) is 5.91 Å². The Morgan fingerprint density at radius 1 is 1.42 bits per heavy atom. The molecule has 0 saturated heterocycles. The Hall–Kier alpha value is -1.31. The highest BCUT2D eigenvalue weighted by Gasteiger charge is 2.20. The predicted octanol–water partition coefficient (Wildman–Crippen LogP) is 1.53.